The van der Waals surface area contributed by atoms with E-state index in [-0.39, 0.29) is 17.0 Å². The lowest BCUT2D eigenvalue weighted by atomic mass is 9.93. The molecule has 0 spiro atoms. The number of likely N-dealkylation sites (N-methyl/N-ethyl adjacent to an activating group) is 1. The van der Waals surface area contributed by atoms with Gasteiger partial charge in [-0.05, 0) is 40.8 Å². The number of nitrogens with zero attached hydrogens (tertiary/aromatic N) is 1. The molecule has 0 heterocycles. The third kappa shape index (κ3) is 4.80. The van der Waals surface area contributed by atoms with Gasteiger partial charge in [-0.1, -0.05) is 6.92 Å². The highest BCUT2D eigenvalue weighted by Crippen LogP contribution is 2.19. The van der Waals surface area contributed by atoms with Crippen LogP contribution in [-0.4, -0.2) is 55.7 Å². The van der Waals surface area contributed by atoms with E-state index in [0.717, 1.165) is 0 Å². The first-order chi connectivity index (χ1) is 7.13. The summed E-state index contributed by atoms with van der Waals surface area (Å²) >= 11 is 0. The zero-order valence-corrected chi connectivity index (χ0v) is 11.8. The normalized spacial score (nSPS) is 15.4. The van der Waals surface area contributed by atoms with Crippen molar-refractivity contribution in [3.8, 4) is 0 Å². The number of sulfone groups is 1. The molecule has 0 rings (SSSR count). The minimum absolute atomic E-state index is 0.171. The third-order valence-corrected chi connectivity index (χ3v) is 5.13. The van der Waals surface area contributed by atoms with E-state index >= 15 is 0 Å². The van der Waals surface area contributed by atoms with Gasteiger partial charge in [0.15, 0.2) is 0 Å². The molecule has 1 N–H and O–H groups in total. The summed E-state index contributed by atoms with van der Waals surface area (Å²) in [5, 5.41) is 9.98. The molecule has 0 saturated carbocycles. The quantitative estimate of drug-likeness (QED) is 0.730. The summed E-state index contributed by atoms with van der Waals surface area (Å²) in [6, 6.07) is 0. The number of rotatable bonds is 7. The Hall–Kier alpha value is -0.130. The number of aliphatic hydroxyl groups is 1. The fourth-order valence-electron chi connectivity index (χ4n) is 1.29. The average Bonchev–Trinajstić information content (AvgIpc) is 2.17. The molecular weight excluding hydrogens is 226 g/mol. The molecule has 1 unspecified atom stereocenters. The van der Waals surface area contributed by atoms with Crippen LogP contribution in [0.15, 0.2) is 0 Å². The van der Waals surface area contributed by atoms with Crippen molar-refractivity contribution in [2.24, 2.45) is 0 Å². The molecule has 0 fully saturated rings. The van der Waals surface area contributed by atoms with Gasteiger partial charge in [0, 0.05) is 11.3 Å². The molecule has 4 nitrogen and oxygen atoms in total. The second kappa shape index (κ2) is 5.98. The van der Waals surface area contributed by atoms with Gasteiger partial charge in [-0.2, -0.15) is 0 Å². The van der Waals surface area contributed by atoms with Crippen LogP contribution in [0.3, 0.4) is 0 Å². The molecule has 0 bridgehead atoms. The standard InChI is InChI=1S/C11H25NO3S/c1-6-16(14,15)9-7-8-10(13)11(2,3)12(4)5/h10,13H,6-9H2,1-5H3. The minimum Gasteiger partial charge on any atom is -0.391 e. The van der Waals surface area contributed by atoms with Gasteiger partial charge in [0.05, 0.1) is 11.9 Å². The Bertz CT molecular complexity index is 296. The van der Waals surface area contributed by atoms with Gasteiger partial charge in [0.2, 0.25) is 0 Å². The fraction of sp³-hybridized carbons (Fsp3) is 1.00. The van der Waals surface area contributed by atoms with E-state index in [2.05, 4.69) is 0 Å². The van der Waals surface area contributed by atoms with Crippen LogP contribution < -0.4 is 0 Å². The van der Waals surface area contributed by atoms with Crippen molar-refractivity contribution in [2.75, 3.05) is 25.6 Å². The molecule has 0 amide bonds. The number of hydrogen-bond donors (Lipinski definition) is 1. The average molecular weight is 251 g/mol. The number of aliphatic hydroxyl groups excluding tert-OH is 1. The largest absolute Gasteiger partial charge is 0.391 e. The topological polar surface area (TPSA) is 57.6 Å². The molecule has 0 saturated heterocycles. The number of hydrogen-bond acceptors (Lipinski definition) is 4. The Morgan fingerprint density at radius 1 is 1.31 bits per heavy atom. The summed E-state index contributed by atoms with van der Waals surface area (Å²) in [6.07, 6.45) is 0.536. The highest BCUT2D eigenvalue weighted by molar-refractivity contribution is 7.91. The summed E-state index contributed by atoms with van der Waals surface area (Å²) in [6.45, 7) is 5.55. The Kier molecular flexibility index (Phi) is 5.93. The predicted molar refractivity (Wildman–Crippen MR) is 67.3 cm³/mol. The third-order valence-electron chi connectivity index (χ3n) is 3.34. The van der Waals surface area contributed by atoms with Crippen LogP contribution in [0, 0.1) is 0 Å². The first-order valence-electron chi connectivity index (χ1n) is 5.69. The Morgan fingerprint density at radius 3 is 2.19 bits per heavy atom. The monoisotopic (exact) mass is 251 g/mol. The van der Waals surface area contributed by atoms with E-state index in [1.807, 2.05) is 32.8 Å². The van der Waals surface area contributed by atoms with Crippen LogP contribution in [0.2, 0.25) is 0 Å². The maximum absolute atomic E-state index is 11.3. The van der Waals surface area contributed by atoms with Crippen molar-refractivity contribution in [3.05, 3.63) is 0 Å². The maximum Gasteiger partial charge on any atom is 0.150 e. The lowest BCUT2D eigenvalue weighted by Gasteiger charge is -2.37. The molecular formula is C11H25NO3S. The summed E-state index contributed by atoms with van der Waals surface area (Å²) < 4.78 is 22.5. The van der Waals surface area contributed by atoms with Crippen LogP contribution >= 0.6 is 0 Å². The van der Waals surface area contributed by atoms with Gasteiger partial charge in [0.1, 0.15) is 9.84 Å². The lowest BCUT2D eigenvalue weighted by Crippen LogP contribution is -2.48. The van der Waals surface area contributed by atoms with E-state index in [4.69, 9.17) is 0 Å². The summed E-state index contributed by atoms with van der Waals surface area (Å²) in [5.41, 5.74) is -0.323. The van der Waals surface area contributed by atoms with Crippen molar-refractivity contribution in [3.63, 3.8) is 0 Å². The summed E-state index contributed by atoms with van der Waals surface area (Å²) in [7, 11) is 0.912. The Morgan fingerprint density at radius 2 is 1.81 bits per heavy atom. The fourth-order valence-corrected chi connectivity index (χ4v) is 2.19. The van der Waals surface area contributed by atoms with Gasteiger partial charge in [-0.3, -0.25) is 0 Å². The highest BCUT2D eigenvalue weighted by Gasteiger charge is 2.29. The molecule has 1 atom stereocenters. The van der Waals surface area contributed by atoms with Gasteiger partial charge in [0.25, 0.3) is 0 Å². The molecule has 0 aromatic rings. The van der Waals surface area contributed by atoms with Gasteiger partial charge < -0.3 is 10.0 Å². The molecule has 0 aliphatic rings. The maximum atomic E-state index is 11.3. The molecule has 0 aliphatic carbocycles. The van der Waals surface area contributed by atoms with Gasteiger partial charge >= 0.3 is 0 Å². The molecule has 0 aromatic heterocycles. The second-order valence-corrected chi connectivity index (χ2v) is 7.42. The van der Waals surface area contributed by atoms with Crippen LogP contribution in [-0.2, 0) is 9.84 Å². The van der Waals surface area contributed by atoms with Crippen molar-refractivity contribution in [2.45, 2.75) is 45.3 Å². The lowest BCUT2D eigenvalue weighted by molar-refractivity contribution is 0.0122. The minimum atomic E-state index is -2.91. The first-order valence-corrected chi connectivity index (χ1v) is 7.51. The molecule has 16 heavy (non-hydrogen) atoms. The molecule has 0 aliphatic heterocycles. The van der Waals surface area contributed by atoms with E-state index < -0.39 is 15.9 Å². The van der Waals surface area contributed by atoms with Crippen molar-refractivity contribution in [1.29, 1.82) is 0 Å². The van der Waals surface area contributed by atoms with Crippen LogP contribution in [0.25, 0.3) is 0 Å². The van der Waals surface area contributed by atoms with Gasteiger partial charge in [-0.15, -0.1) is 0 Å². The molecule has 98 valence electrons. The zero-order valence-electron chi connectivity index (χ0n) is 11.0. The zero-order chi connectivity index (χ0) is 13.0. The Balaban J connectivity index is 4.14. The second-order valence-electron chi connectivity index (χ2n) is 4.94. The van der Waals surface area contributed by atoms with Crippen molar-refractivity contribution < 1.29 is 13.5 Å². The van der Waals surface area contributed by atoms with E-state index in [1.54, 1.807) is 6.92 Å². The van der Waals surface area contributed by atoms with Crippen molar-refractivity contribution >= 4 is 9.84 Å². The van der Waals surface area contributed by atoms with E-state index in [0.29, 0.717) is 12.8 Å². The van der Waals surface area contributed by atoms with Crippen molar-refractivity contribution in [1.82, 2.24) is 4.90 Å². The Labute approximate surface area is 99.6 Å². The highest BCUT2D eigenvalue weighted by atomic mass is 32.2. The molecule has 5 heteroatoms. The predicted octanol–water partition coefficient (Wildman–Crippen LogP) is 0.902. The van der Waals surface area contributed by atoms with Crippen LogP contribution in [0.1, 0.15) is 33.6 Å². The van der Waals surface area contributed by atoms with E-state index in [1.165, 1.54) is 0 Å². The first kappa shape index (κ1) is 15.9. The summed E-state index contributed by atoms with van der Waals surface area (Å²) in [5.74, 6) is 0.351. The summed E-state index contributed by atoms with van der Waals surface area (Å²) in [4.78, 5) is 1.95. The van der Waals surface area contributed by atoms with Gasteiger partial charge in [-0.25, -0.2) is 8.42 Å². The molecule has 0 aromatic carbocycles. The van der Waals surface area contributed by atoms with E-state index in [9.17, 15) is 13.5 Å². The molecule has 0 radical (unpaired) electrons. The van der Waals surface area contributed by atoms with Crippen LogP contribution in [0.4, 0.5) is 0 Å². The SMILES string of the molecule is CCS(=O)(=O)CCCC(O)C(C)(C)N(C)C. The smallest absolute Gasteiger partial charge is 0.150 e. The van der Waals surface area contributed by atoms with Crippen LogP contribution in [0.5, 0.6) is 0 Å².